The Bertz CT molecular complexity index is 237. The Morgan fingerprint density at radius 1 is 1.56 bits per heavy atom. The topological polar surface area (TPSA) is 41.1 Å². The molecule has 1 aliphatic rings. The number of carbonyl (C=O) groups excluding carboxylic acids is 1. The van der Waals surface area contributed by atoms with E-state index in [1.54, 1.807) is 0 Å². The molecule has 0 bridgehead atoms. The third-order valence-corrected chi connectivity index (χ3v) is 2.59. The standard InChI is InChI=1S/C10H17F3N2O/c1-7(5-10(11,12)13)15-9(16)8-3-2-4-14-6-8/h7-8,14H,2-6H2,1H3,(H,15,16)/t7?,8-/m1/s1. The molecule has 1 amide bonds. The zero-order valence-corrected chi connectivity index (χ0v) is 9.23. The fraction of sp³-hybridized carbons (Fsp3) is 0.900. The first-order chi connectivity index (χ1) is 7.38. The number of carbonyl (C=O) groups is 1. The molecule has 1 aliphatic heterocycles. The number of rotatable bonds is 3. The SMILES string of the molecule is CC(CC(F)(F)F)NC(=O)[C@@H]1CCCNC1. The number of alkyl halides is 3. The maximum atomic E-state index is 12.0. The summed E-state index contributed by atoms with van der Waals surface area (Å²) in [6.07, 6.45) is -3.56. The summed E-state index contributed by atoms with van der Waals surface area (Å²) < 4.78 is 36.1. The number of amides is 1. The fourth-order valence-electron chi connectivity index (χ4n) is 1.83. The van der Waals surface area contributed by atoms with Crippen LogP contribution in [0.3, 0.4) is 0 Å². The van der Waals surface area contributed by atoms with Gasteiger partial charge in [-0.1, -0.05) is 0 Å². The van der Waals surface area contributed by atoms with Crippen LogP contribution in [-0.2, 0) is 4.79 Å². The van der Waals surface area contributed by atoms with Crippen LogP contribution in [0.15, 0.2) is 0 Å². The molecule has 3 nitrogen and oxygen atoms in total. The number of piperidine rings is 1. The lowest BCUT2D eigenvalue weighted by molar-refractivity contribution is -0.142. The van der Waals surface area contributed by atoms with Crippen molar-refractivity contribution in [3.63, 3.8) is 0 Å². The van der Waals surface area contributed by atoms with Gasteiger partial charge in [-0.2, -0.15) is 13.2 Å². The first-order valence-corrected chi connectivity index (χ1v) is 5.46. The molecule has 0 saturated carbocycles. The van der Waals surface area contributed by atoms with E-state index in [-0.39, 0.29) is 11.8 Å². The molecule has 1 rings (SSSR count). The molecular formula is C10H17F3N2O. The maximum absolute atomic E-state index is 12.0. The average Bonchev–Trinajstić information content (AvgIpc) is 2.16. The highest BCUT2D eigenvalue weighted by atomic mass is 19.4. The number of halogens is 3. The van der Waals surface area contributed by atoms with Crippen molar-refractivity contribution in [2.75, 3.05) is 13.1 Å². The highest BCUT2D eigenvalue weighted by molar-refractivity contribution is 5.79. The molecule has 1 heterocycles. The summed E-state index contributed by atoms with van der Waals surface area (Å²) in [5.41, 5.74) is 0. The quantitative estimate of drug-likeness (QED) is 0.781. The van der Waals surface area contributed by atoms with E-state index < -0.39 is 18.6 Å². The highest BCUT2D eigenvalue weighted by Crippen LogP contribution is 2.21. The van der Waals surface area contributed by atoms with Crippen molar-refractivity contribution < 1.29 is 18.0 Å². The molecule has 1 unspecified atom stereocenters. The van der Waals surface area contributed by atoms with Crippen molar-refractivity contribution in [3.05, 3.63) is 0 Å². The smallest absolute Gasteiger partial charge is 0.353 e. The molecule has 16 heavy (non-hydrogen) atoms. The summed E-state index contributed by atoms with van der Waals surface area (Å²) in [6.45, 7) is 2.81. The van der Waals surface area contributed by atoms with Gasteiger partial charge in [-0.05, 0) is 26.3 Å². The molecule has 0 aliphatic carbocycles. The first kappa shape index (κ1) is 13.3. The lowest BCUT2D eigenvalue weighted by atomic mass is 9.98. The van der Waals surface area contributed by atoms with E-state index in [1.807, 2.05) is 0 Å². The summed E-state index contributed by atoms with van der Waals surface area (Å²) in [6, 6.07) is -0.852. The second-order valence-corrected chi connectivity index (χ2v) is 4.27. The van der Waals surface area contributed by atoms with Crippen LogP contribution < -0.4 is 10.6 Å². The van der Waals surface area contributed by atoms with Gasteiger partial charge in [0.15, 0.2) is 0 Å². The molecule has 2 N–H and O–H groups in total. The zero-order chi connectivity index (χ0) is 12.2. The summed E-state index contributed by atoms with van der Waals surface area (Å²) in [5, 5.41) is 5.46. The first-order valence-electron chi connectivity index (χ1n) is 5.46. The lowest BCUT2D eigenvalue weighted by Gasteiger charge is -2.24. The molecule has 0 aromatic heterocycles. The van der Waals surface area contributed by atoms with Crippen LogP contribution in [0.1, 0.15) is 26.2 Å². The van der Waals surface area contributed by atoms with Crippen LogP contribution in [0.25, 0.3) is 0 Å². The van der Waals surface area contributed by atoms with Gasteiger partial charge in [-0.15, -0.1) is 0 Å². The van der Waals surface area contributed by atoms with Crippen molar-refractivity contribution in [1.82, 2.24) is 10.6 Å². The number of hydrogen-bond acceptors (Lipinski definition) is 2. The van der Waals surface area contributed by atoms with E-state index in [4.69, 9.17) is 0 Å². The molecule has 2 atom stereocenters. The van der Waals surface area contributed by atoms with Crippen molar-refractivity contribution in [3.8, 4) is 0 Å². The number of nitrogens with one attached hydrogen (secondary N) is 2. The third kappa shape index (κ3) is 4.83. The van der Waals surface area contributed by atoms with E-state index in [2.05, 4.69) is 10.6 Å². The molecular weight excluding hydrogens is 221 g/mol. The van der Waals surface area contributed by atoms with Crippen molar-refractivity contribution in [1.29, 1.82) is 0 Å². The van der Waals surface area contributed by atoms with Crippen LogP contribution >= 0.6 is 0 Å². The largest absolute Gasteiger partial charge is 0.391 e. The number of hydrogen-bond donors (Lipinski definition) is 2. The van der Waals surface area contributed by atoms with Gasteiger partial charge in [-0.3, -0.25) is 4.79 Å². The van der Waals surface area contributed by atoms with Crippen molar-refractivity contribution in [2.24, 2.45) is 5.92 Å². The van der Waals surface area contributed by atoms with Crippen molar-refractivity contribution in [2.45, 2.75) is 38.4 Å². The molecule has 94 valence electrons. The van der Waals surface area contributed by atoms with Crippen molar-refractivity contribution >= 4 is 5.91 Å². The molecule has 1 fully saturated rings. The van der Waals surface area contributed by atoms with Gasteiger partial charge >= 0.3 is 6.18 Å². The van der Waals surface area contributed by atoms with Gasteiger partial charge in [0.05, 0.1) is 12.3 Å². The van der Waals surface area contributed by atoms with E-state index in [0.29, 0.717) is 6.54 Å². The summed E-state index contributed by atoms with van der Waals surface area (Å²) >= 11 is 0. The van der Waals surface area contributed by atoms with Gasteiger partial charge in [-0.25, -0.2) is 0 Å². The third-order valence-electron chi connectivity index (χ3n) is 2.59. The molecule has 0 radical (unpaired) electrons. The van der Waals surface area contributed by atoms with Gasteiger partial charge < -0.3 is 10.6 Å². The van der Waals surface area contributed by atoms with E-state index >= 15 is 0 Å². The predicted octanol–water partition coefficient (Wildman–Crippen LogP) is 1.44. The van der Waals surface area contributed by atoms with Crippen LogP contribution in [-0.4, -0.2) is 31.2 Å². The molecule has 6 heteroatoms. The Hall–Kier alpha value is -0.780. The van der Waals surface area contributed by atoms with Gasteiger partial charge in [0, 0.05) is 12.6 Å². The van der Waals surface area contributed by atoms with Crippen LogP contribution in [0.2, 0.25) is 0 Å². The highest BCUT2D eigenvalue weighted by Gasteiger charge is 2.31. The Labute approximate surface area is 92.8 Å². The Morgan fingerprint density at radius 2 is 2.25 bits per heavy atom. The fourth-order valence-corrected chi connectivity index (χ4v) is 1.83. The molecule has 0 aromatic rings. The summed E-state index contributed by atoms with van der Waals surface area (Å²) in [7, 11) is 0. The Balaban J connectivity index is 2.32. The van der Waals surface area contributed by atoms with E-state index in [0.717, 1.165) is 19.4 Å². The second-order valence-electron chi connectivity index (χ2n) is 4.27. The monoisotopic (exact) mass is 238 g/mol. The normalized spacial score (nSPS) is 23.9. The Morgan fingerprint density at radius 3 is 2.75 bits per heavy atom. The van der Waals surface area contributed by atoms with Crippen LogP contribution in [0.4, 0.5) is 13.2 Å². The summed E-state index contributed by atoms with van der Waals surface area (Å²) in [4.78, 5) is 11.6. The van der Waals surface area contributed by atoms with Crippen LogP contribution in [0, 0.1) is 5.92 Å². The molecule has 1 saturated heterocycles. The average molecular weight is 238 g/mol. The van der Waals surface area contributed by atoms with Crippen LogP contribution in [0.5, 0.6) is 0 Å². The van der Waals surface area contributed by atoms with E-state index in [1.165, 1.54) is 6.92 Å². The predicted molar refractivity (Wildman–Crippen MR) is 53.9 cm³/mol. The lowest BCUT2D eigenvalue weighted by Crippen LogP contribution is -2.44. The molecule has 0 spiro atoms. The molecule has 0 aromatic carbocycles. The minimum atomic E-state index is -4.22. The minimum absolute atomic E-state index is 0.190. The van der Waals surface area contributed by atoms with E-state index in [9.17, 15) is 18.0 Å². The summed E-state index contributed by atoms with van der Waals surface area (Å²) in [5.74, 6) is -0.464. The minimum Gasteiger partial charge on any atom is -0.353 e. The van der Waals surface area contributed by atoms with Gasteiger partial charge in [0.1, 0.15) is 0 Å². The second kappa shape index (κ2) is 5.52. The maximum Gasteiger partial charge on any atom is 0.391 e. The van der Waals surface area contributed by atoms with Gasteiger partial charge in [0.25, 0.3) is 0 Å². The Kier molecular flexibility index (Phi) is 4.58. The zero-order valence-electron chi connectivity index (χ0n) is 9.23. The van der Waals surface area contributed by atoms with Gasteiger partial charge in [0.2, 0.25) is 5.91 Å².